The third-order valence-electron chi connectivity index (χ3n) is 2.79. The van der Waals surface area contributed by atoms with Gasteiger partial charge in [-0.2, -0.15) is 0 Å². The number of carbonyl (C=O) groups is 1. The Kier molecular flexibility index (Phi) is 5.10. The number of pyridine rings is 1. The molecule has 0 aliphatic carbocycles. The summed E-state index contributed by atoms with van der Waals surface area (Å²) in [6.07, 6.45) is 2.14. The van der Waals surface area contributed by atoms with Crippen LogP contribution in [0.1, 0.15) is 18.2 Å². The molecule has 1 unspecified atom stereocenters. The lowest BCUT2D eigenvalue weighted by atomic mass is 10.1. The average molecular weight is 236 g/mol. The summed E-state index contributed by atoms with van der Waals surface area (Å²) in [4.78, 5) is 17.8. The van der Waals surface area contributed by atoms with Crippen LogP contribution in [0.25, 0.3) is 0 Å². The Morgan fingerprint density at radius 2 is 2.24 bits per heavy atom. The zero-order valence-electron chi connectivity index (χ0n) is 10.9. The van der Waals surface area contributed by atoms with Crippen molar-refractivity contribution in [3.05, 3.63) is 29.6 Å². The summed E-state index contributed by atoms with van der Waals surface area (Å²) in [5.74, 6) is 0.0835. The van der Waals surface area contributed by atoms with Crippen molar-refractivity contribution >= 4 is 5.91 Å². The summed E-state index contributed by atoms with van der Waals surface area (Å²) in [7, 11) is 3.44. The van der Waals surface area contributed by atoms with Crippen molar-refractivity contribution in [2.45, 2.75) is 26.3 Å². The fourth-order valence-corrected chi connectivity index (χ4v) is 1.50. The van der Waals surface area contributed by atoms with Gasteiger partial charge < -0.3 is 9.64 Å². The van der Waals surface area contributed by atoms with E-state index < -0.39 is 0 Å². The Morgan fingerprint density at radius 1 is 1.53 bits per heavy atom. The molecule has 0 aromatic carbocycles. The second kappa shape index (κ2) is 6.35. The van der Waals surface area contributed by atoms with Crippen LogP contribution in [-0.4, -0.2) is 42.6 Å². The highest BCUT2D eigenvalue weighted by Gasteiger charge is 2.15. The second-order valence-electron chi connectivity index (χ2n) is 4.29. The molecule has 0 spiro atoms. The number of amides is 1. The maximum Gasteiger partial charge on any atom is 0.227 e. The number of rotatable bonds is 5. The molecule has 0 radical (unpaired) electrons. The molecule has 0 N–H and O–H groups in total. The maximum atomic E-state index is 12.0. The zero-order chi connectivity index (χ0) is 12.8. The maximum absolute atomic E-state index is 12.0. The highest BCUT2D eigenvalue weighted by molar-refractivity contribution is 5.78. The van der Waals surface area contributed by atoms with Crippen LogP contribution in [0, 0.1) is 6.92 Å². The van der Waals surface area contributed by atoms with Gasteiger partial charge in [-0.15, -0.1) is 0 Å². The van der Waals surface area contributed by atoms with Gasteiger partial charge in [-0.3, -0.25) is 9.78 Å². The lowest BCUT2D eigenvalue weighted by Gasteiger charge is -2.24. The SMILES string of the molecule is COCC(C)N(C)C(=O)Cc1ccc(C)nc1. The molecule has 0 bridgehead atoms. The van der Waals surface area contributed by atoms with Crippen molar-refractivity contribution in [3.63, 3.8) is 0 Å². The summed E-state index contributed by atoms with van der Waals surface area (Å²) >= 11 is 0. The minimum atomic E-state index is 0.0835. The Balaban J connectivity index is 2.56. The number of likely N-dealkylation sites (N-methyl/N-ethyl adjacent to an activating group) is 1. The Bertz CT molecular complexity index is 362. The summed E-state index contributed by atoms with van der Waals surface area (Å²) < 4.78 is 5.03. The van der Waals surface area contributed by atoms with Gasteiger partial charge in [0.25, 0.3) is 0 Å². The van der Waals surface area contributed by atoms with Crippen LogP contribution in [0.2, 0.25) is 0 Å². The molecule has 1 heterocycles. The summed E-state index contributed by atoms with van der Waals surface area (Å²) in [5.41, 5.74) is 1.90. The van der Waals surface area contributed by atoms with Gasteiger partial charge in [0.15, 0.2) is 0 Å². The van der Waals surface area contributed by atoms with E-state index in [9.17, 15) is 4.79 Å². The molecule has 1 atom stereocenters. The molecule has 0 saturated heterocycles. The molecular formula is C13H20N2O2. The van der Waals surface area contributed by atoms with Gasteiger partial charge in [0.1, 0.15) is 0 Å². The molecule has 1 amide bonds. The number of carbonyl (C=O) groups excluding carboxylic acids is 1. The van der Waals surface area contributed by atoms with Crippen LogP contribution in [0.3, 0.4) is 0 Å². The first kappa shape index (κ1) is 13.6. The molecule has 17 heavy (non-hydrogen) atoms. The van der Waals surface area contributed by atoms with E-state index in [4.69, 9.17) is 4.74 Å². The van der Waals surface area contributed by atoms with Crippen molar-refractivity contribution in [2.75, 3.05) is 20.8 Å². The van der Waals surface area contributed by atoms with Crippen molar-refractivity contribution in [1.82, 2.24) is 9.88 Å². The second-order valence-corrected chi connectivity index (χ2v) is 4.29. The predicted molar refractivity (Wildman–Crippen MR) is 66.8 cm³/mol. The summed E-state index contributed by atoms with van der Waals surface area (Å²) in [5, 5.41) is 0. The van der Waals surface area contributed by atoms with Gasteiger partial charge in [0.05, 0.1) is 19.1 Å². The average Bonchev–Trinajstić information content (AvgIpc) is 2.31. The molecular weight excluding hydrogens is 216 g/mol. The number of aryl methyl sites for hydroxylation is 1. The standard InChI is InChI=1S/C13H20N2O2/c1-10-5-6-12(8-14-10)7-13(16)15(3)11(2)9-17-4/h5-6,8,11H,7,9H2,1-4H3. The van der Waals surface area contributed by atoms with E-state index in [2.05, 4.69) is 4.98 Å². The topological polar surface area (TPSA) is 42.4 Å². The first-order chi connectivity index (χ1) is 8.04. The first-order valence-corrected chi connectivity index (χ1v) is 5.70. The van der Waals surface area contributed by atoms with E-state index in [0.717, 1.165) is 11.3 Å². The van der Waals surface area contributed by atoms with Crippen LogP contribution in [0.15, 0.2) is 18.3 Å². The zero-order valence-corrected chi connectivity index (χ0v) is 10.9. The summed E-state index contributed by atoms with van der Waals surface area (Å²) in [6.45, 7) is 4.45. The van der Waals surface area contributed by atoms with Crippen LogP contribution in [0.5, 0.6) is 0 Å². The number of hydrogen-bond acceptors (Lipinski definition) is 3. The number of methoxy groups -OCH3 is 1. The Morgan fingerprint density at radius 3 is 2.76 bits per heavy atom. The van der Waals surface area contributed by atoms with Crippen molar-refractivity contribution < 1.29 is 9.53 Å². The van der Waals surface area contributed by atoms with E-state index in [0.29, 0.717) is 13.0 Å². The fourth-order valence-electron chi connectivity index (χ4n) is 1.50. The predicted octanol–water partition coefficient (Wildman–Crippen LogP) is 1.43. The third kappa shape index (κ3) is 4.15. The molecule has 0 aliphatic rings. The Labute approximate surface area is 103 Å². The largest absolute Gasteiger partial charge is 0.383 e. The van der Waals surface area contributed by atoms with Crippen molar-refractivity contribution in [3.8, 4) is 0 Å². The highest BCUT2D eigenvalue weighted by atomic mass is 16.5. The third-order valence-corrected chi connectivity index (χ3v) is 2.79. The monoisotopic (exact) mass is 236 g/mol. The van der Waals surface area contributed by atoms with E-state index in [-0.39, 0.29) is 11.9 Å². The lowest BCUT2D eigenvalue weighted by Crippen LogP contribution is -2.38. The molecule has 0 saturated carbocycles. The molecule has 1 aromatic rings. The first-order valence-electron chi connectivity index (χ1n) is 5.70. The molecule has 0 fully saturated rings. The smallest absolute Gasteiger partial charge is 0.227 e. The molecule has 1 aromatic heterocycles. The van der Waals surface area contributed by atoms with E-state index >= 15 is 0 Å². The number of hydrogen-bond donors (Lipinski definition) is 0. The fraction of sp³-hybridized carbons (Fsp3) is 0.538. The van der Waals surface area contributed by atoms with Gasteiger partial charge in [-0.05, 0) is 25.5 Å². The van der Waals surface area contributed by atoms with Crippen molar-refractivity contribution in [1.29, 1.82) is 0 Å². The minimum Gasteiger partial charge on any atom is -0.383 e. The Hall–Kier alpha value is -1.42. The lowest BCUT2D eigenvalue weighted by molar-refractivity contribution is -0.131. The quantitative estimate of drug-likeness (QED) is 0.776. The molecule has 4 nitrogen and oxygen atoms in total. The molecule has 94 valence electrons. The number of nitrogens with zero attached hydrogens (tertiary/aromatic N) is 2. The van der Waals surface area contributed by atoms with Crippen molar-refractivity contribution in [2.24, 2.45) is 0 Å². The van der Waals surface area contributed by atoms with Gasteiger partial charge in [0, 0.05) is 26.0 Å². The van der Waals surface area contributed by atoms with Crippen LogP contribution in [-0.2, 0) is 16.0 Å². The van der Waals surface area contributed by atoms with Gasteiger partial charge in [0.2, 0.25) is 5.91 Å². The number of ether oxygens (including phenoxy) is 1. The van der Waals surface area contributed by atoms with Crippen LogP contribution < -0.4 is 0 Å². The van der Waals surface area contributed by atoms with E-state index in [1.807, 2.05) is 26.0 Å². The summed E-state index contributed by atoms with van der Waals surface area (Å²) in [6, 6.07) is 3.95. The molecule has 0 aliphatic heterocycles. The number of aromatic nitrogens is 1. The van der Waals surface area contributed by atoms with Crippen LogP contribution in [0.4, 0.5) is 0 Å². The van der Waals surface area contributed by atoms with Gasteiger partial charge >= 0.3 is 0 Å². The van der Waals surface area contributed by atoms with Gasteiger partial charge in [-0.25, -0.2) is 0 Å². The van der Waals surface area contributed by atoms with Crippen LogP contribution >= 0.6 is 0 Å². The minimum absolute atomic E-state index is 0.0835. The normalized spacial score (nSPS) is 12.2. The molecule has 4 heteroatoms. The molecule has 1 rings (SSSR count). The highest BCUT2D eigenvalue weighted by Crippen LogP contribution is 2.05. The van der Waals surface area contributed by atoms with Gasteiger partial charge in [-0.1, -0.05) is 6.07 Å². The van der Waals surface area contributed by atoms with E-state index in [1.165, 1.54) is 0 Å². The van der Waals surface area contributed by atoms with E-state index in [1.54, 1.807) is 25.3 Å².